The van der Waals surface area contributed by atoms with Gasteiger partial charge in [-0.1, -0.05) is 19.8 Å². The molecule has 0 aromatic rings. The number of hydrogen-bond acceptors (Lipinski definition) is 0. The second-order valence-electron chi connectivity index (χ2n) is 1.81. The molecule has 0 rings (SSSR count). The van der Waals surface area contributed by atoms with Gasteiger partial charge in [-0.05, 0) is 6.42 Å². The zero-order valence-electron chi connectivity index (χ0n) is 5.35. The van der Waals surface area contributed by atoms with E-state index in [0.29, 0.717) is 0 Å². The minimum atomic E-state index is 0.970. The lowest BCUT2D eigenvalue weighted by Crippen LogP contribution is -1.71. The van der Waals surface area contributed by atoms with Gasteiger partial charge in [0.25, 0.3) is 6.54 Å². The average molecular weight is 110 g/mol. The topological polar surface area (TPSA) is 4.36 Å². The van der Waals surface area contributed by atoms with Crippen LogP contribution in [0, 0.1) is 13.1 Å². The number of hydrogen-bond donors (Lipinski definition) is 0. The molecule has 0 aliphatic carbocycles. The molecule has 1 radical (unpaired) electrons. The maximum absolute atomic E-state index is 6.41. The van der Waals surface area contributed by atoms with Gasteiger partial charge in [-0.2, -0.15) is 0 Å². The molecule has 0 fully saturated rings. The smallest absolute Gasteiger partial charge is 0.296 e. The maximum Gasteiger partial charge on any atom is 0.296 e. The first kappa shape index (κ1) is 7.49. The summed E-state index contributed by atoms with van der Waals surface area (Å²) in [6.07, 6.45) is 4.65. The zero-order valence-corrected chi connectivity index (χ0v) is 5.35. The Morgan fingerprint density at radius 1 is 1.50 bits per heavy atom. The van der Waals surface area contributed by atoms with E-state index >= 15 is 0 Å². The van der Waals surface area contributed by atoms with Gasteiger partial charge >= 0.3 is 0 Å². The fourth-order valence-corrected chi connectivity index (χ4v) is 0.550. The Kier molecular flexibility index (Phi) is 6.08. The van der Waals surface area contributed by atoms with Crippen molar-refractivity contribution in [2.45, 2.75) is 32.6 Å². The van der Waals surface area contributed by atoms with E-state index in [9.17, 15) is 0 Å². The third-order valence-electron chi connectivity index (χ3n) is 1.03. The molecule has 0 aliphatic rings. The number of nitrogens with zero attached hydrogens (tertiary/aromatic N) is 1. The molecule has 0 spiro atoms. The summed E-state index contributed by atoms with van der Waals surface area (Å²) in [5.41, 5.74) is 0. The van der Waals surface area contributed by atoms with Crippen LogP contribution in [0.25, 0.3) is 4.85 Å². The maximum atomic E-state index is 6.41. The Balaban J connectivity index is 2.65. The van der Waals surface area contributed by atoms with Crippen LogP contribution in [0.3, 0.4) is 0 Å². The highest BCUT2D eigenvalue weighted by Gasteiger charge is 1.87. The Labute approximate surface area is 51.5 Å². The quantitative estimate of drug-likeness (QED) is 0.387. The van der Waals surface area contributed by atoms with Crippen molar-refractivity contribution >= 4 is 0 Å². The van der Waals surface area contributed by atoms with Gasteiger partial charge in [0.05, 0.1) is 0 Å². The van der Waals surface area contributed by atoms with Crippen LogP contribution in [-0.4, -0.2) is 0 Å². The summed E-state index contributed by atoms with van der Waals surface area (Å²) < 4.78 is 0. The molecule has 1 heteroatoms. The van der Waals surface area contributed by atoms with Gasteiger partial charge < -0.3 is 4.85 Å². The highest BCUT2D eigenvalue weighted by Crippen LogP contribution is 2.00. The summed E-state index contributed by atoms with van der Waals surface area (Å²) in [5.74, 6) is 0. The Bertz CT molecular complexity index is 70.9. The Hall–Kier alpha value is -0.510. The molecular formula is C7H12N. The minimum Gasteiger partial charge on any atom is -0.305 e. The second kappa shape index (κ2) is 6.49. The van der Waals surface area contributed by atoms with Crippen LogP contribution in [0.4, 0.5) is 0 Å². The molecule has 0 unspecified atom stereocenters. The minimum absolute atomic E-state index is 0.970. The van der Waals surface area contributed by atoms with Crippen LogP contribution >= 0.6 is 0 Å². The lowest BCUT2D eigenvalue weighted by atomic mass is 10.2. The van der Waals surface area contributed by atoms with Crippen molar-refractivity contribution < 1.29 is 0 Å². The van der Waals surface area contributed by atoms with E-state index in [1.54, 1.807) is 6.54 Å². The van der Waals surface area contributed by atoms with Crippen LogP contribution in [0.2, 0.25) is 0 Å². The summed E-state index contributed by atoms with van der Waals surface area (Å²) in [6, 6.07) is 0. The predicted octanol–water partition coefficient (Wildman–Crippen LogP) is 2.65. The molecule has 0 N–H and O–H groups in total. The van der Waals surface area contributed by atoms with Gasteiger partial charge in [-0.3, -0.25) is 0 Å². The monoisotopic (exact) mass is 110 g/mol. The molecule has 0 heterocycles. The molecule has 0 aliphatic heterocycles. The summed E-state index contributed by atoms with van der Waals surface area (Å²) in [4.78, 5) is 3.13. The van der Waals surface area contributed by atoms with Crippen molar-refractivity contribution in [1.29, 1.82) is 0 Å². The molecular weight excluding hydrogens is 98.1 g/mol. The fraction of sp³-hybridized carbons (Fsp3) is 0.714. The number of rotatable bonds is 4. The lowest BCUT2D eigenvalue weighted by molar-refractivity contribution is 0.717. The summed E-state index contributed by atoms with van der Waals surface area (Å²) in [5, 5.41) is 0. The molecule has 0 amide bonds. The standard InChI is InChI=1S/C7H12N/c1-3-4-5-6-7-8-2/h7H,3-6H2,1H3. The summed E-state index contributed by atoms with van der Waals surface area (Å²) in [6.45, 7) is 10.2. The van der Waals surface area contributed by atoms with Crippen LogP contribution in [0.15, 0.2) is 0 Å². The first-order valence-corrected chi connectivity index (χ1v) is 3.10. The molecule has 0 saturated carbocycles. The molecule has 1 nitrogen and oxygen atoms in total. The first-order chi connectivity index (χ1) is 3.91. The Morgan fingerprint density at radius 3 is 2.75 bits per heavy atom. The zero-order chi connectivity index (χ0) is 6.24. The van der Waals surface area contributed by atoms with Crippen molar-refractivity contribution in [1.82, 2.24) is 0 Å². The van der Waals surface area contributed by atoms with E-state index in [-0.39, 0.29) is 0 Å². The normalized spacial score (nSPS) is 8.50. The van der Waals surface area contributed by atoms with E-state index < -0.39 is 0 Å². The predicted molar refractivity (Wildman–Crippen MR) is 35.0 cm³/mol. The highest BCUT2D eigenvalue weighted by molar-refractivity contribution is 4.73. The molecule has 0 bridgehead atoms. The Morgan fingerprint density at radius 2 is 2.25 bits per heavy atom. The van der Waals surface area contributed by atoms with Gasteiger partial charge in [-0.25, -0.2) is 6.57 Å². The van der Waals surface area contributed by atoms with E-state index in [1.165, 1.54) is 19.3 Å². The van der Waals surface area contributed by atoms with Gasteiger partial charge in [0.1, 0.15) is 0 Å². The van der Waals surface area contributed by atoms with Crippen molar-refractivity contribution in [3.05, 3.63) is 18.0 Å². The van der Waals surface area contributed by atoms with Crippen LogP contribution < -0.4 is 0 Å². The van der Waals surface area contributed by atoms with E-state index in [4.69, 9.17) is 6.57 Å². The van der Waals surface area contributed by atoms with E-state index in [2.05, 4.69) is 11.8 Å². The first-order valence-electron chi connectivity index (χ1n) is 3.10. The molecule has 0 aromatic carbocycles. The van der Waals surface area contributed by atoms with Gasteiger partial charge in [0, 0.05) is 6.42 Å². The van der Waals surface area contributed by atoms with E-state index in [0.717, 1.165) is 6.42 Å². The van der Waals surface area contributed by atoms with Crippen molar-refractivity contribution in [2.24, 2.45) is 0 Å². The largest absolute Gasteiger partial charge is 0.305 e. The van der Waals surface area contributed by atoms with E-state index in [1.807, 2.05) is 0 Å². The van der Waals surface area contributed by atoms with Gasteiger partial charge in [0.2, 0.25) is 0 Å². The summed E-state index contributed by atoms with van der Waals surface area (Å²) >= 11 is 0. The average Bonchev–Trinajstić information content (AvgIpc) is 1.81. The van der Waals surface area contributed by atoms with Crippen LogP contribution in [0.5, 0.6) is 0 Å². The van der Waals surface area contributed by atoms with Gasteiger partial charge in [-0.15, -0.1) is 0 Å². The number of unbranched alkanes of at least 4 members (excludes halogenated alkanes) is 3. The molecule has 0 atom stereocenters. The highest BCUT2D eigenvalue weighted by atomic mass is 14.6. The molecule has 8 heavy (non-hydrogen) atoms. The van der Waals surface area contributed by atoms with Crippen molar-refractivity contribution in [3.8, 4) is 0 Å². The van der Waals surface area contributed by atoms with Crippen molar-refractivity contribution in [2.75, 3.05) is 0 Å². The summed E-state index contributed by atoms with van der Waals surface area (Å²) in [7, 11) is 0. The molecule has 0 saturated heterocycles. The van der Waals surface area contributed by atoms with Gasteiger partial charge in [0.15, 0.2) is 0 Å². The second-order valence-corrected chi connectivity index (χ2v) is 1.81. The van der Waals surface area contributed by atoms with Crippen molar-refractivity contribution in [3.63, 3.8) is 0 Å². The molecule has 45 valence electrons. The van der Waals surface area contributed by atoms with Crippen LogP contribution in [0.1, 0.15) is 32.6 Å². The van der Waals surface area contributed by atoms with Crippen LogP contribution in [-0.2, 0) is 0 Å². The fourth-order valence-electron chi connectivity index (χ4n) is 0.550. The third kappa shape index (κ3) is 5.49. The lowest BCUT2D eigenvalue weighted by Gasteiger charge is -1.87. The molecule has 0 aromatic heterocycles. The SMILES string of the molecule is [C-]#[N+][CH]CCCCC. The third-order valence-corrected chi connectivity index (χ3v) is 1.03.